The van der Waals surface area contributed by atoms with Gasteiger partial charge in [0.1, 0.15) is 23.9 Å². The minimum atomic E-state index is -4.79. The standard InChI is InChI=1S/C22H24N6O8S/c29-19-25-11-17(21(3-4-21)9-15(25)13-1-7-33-23-13)27(19)35-37(31,32)36-28-18-12-26(20(28)30)16(10-22(18)5-6-22)14-2-8-34-24-14/h1-2,7-8,15-18H,3-6,9-12H2/t15-,16-,17-,18-/m0/s1. The summed E-state index contributed by atoms with van der Waals surface area (Å²) in [6.07, 6.45) is 7.58. The molecule has 2 aromatic heterocycles. The van der Waals surface area contributed by atoms with Crippen LogP contribution in [0.3, 0.4) is 0 Å². The molecular weight excluding hydrogens is 508 g/mol. The van der Waals surface area contributed by atoms with Crippen LogP contribution in [0, 0.1) is 10.8 Å². The van der Waals surface area contributed by atoms with Crippen molar-refractivity contribution in [2.75, 3.05) is 13.1 Å². The van der Waals surface area contributed by atoms with Crippen molar-refractivity contribution in [2.45, 2.75) is 62.7 Å². The number of aromatic nitrogens is 2. The molecule has 4 atom stereocenters. The Hall–Kier alpha value is -3.17. The van der Waals surface area contributed by atoms with E-state index in [0.29, 0.717) is 37.3 Å². The number of carbonyl (C=O) groups excluding carboxylic acids is 2. The van der Waals surface area contributed by atoms with Crippen LogP contribution in [-0.2, 0) is 19.0 Å². The van der Waals surface area contributed by atoms with Gasteiger partial charge >= 0.3 is 22.5 Å². The Balaban J connectivity index is 1.04. The molecule has 4 aliphatic heterocycles. The Morgan fingerprint density at radius 1 is 0.784 bits per heavy atom. The Bertz CT molecular complexity index is 1270. The molecule has 196 valence electrons. The van der Waals surface area contributed by atoms with Crippen molar-refractivity contribution in [2.24, 2.45) is 10.8 Å². The third-order valence-electron chi connectivity index (χ3n) is 9.27. The van der Waals surface area contributed by atoms with Gasteiger partial charge in [-0.15, -0.1) is 8.57 Å². The van der Waals surface area contributed by atoms with Crippen LogP contribution >= 0.6 is 0 Å². The van der Waals surface area contributed by atoms with Crippen LogP contribution in [0.2, 0.25) is 0 Å². The third kappa shape index (κ3) is 3.07. The minimum Gasteiger partial charge on any atom is -0.364 e. The summed E-state index contributed by atoms with van der Waals surface area (Å²) in [5.41, 5.74) is 0.742. The van der Waals surface area contributed by atoms with Crippen molar-refractivity contribution >= 4 is 22.5 Å². The van der Waals surface area contributed by atoms with E-state index in [0.717, 1.165) is 35.8 Å². The minimum absolute atomic E-state index is 0.254. The van der Waals surface area contributed by atoms with Crippen LogP contribution in [0.15, 0.2) is 33.7 Å². The Labute approximate surface area is 211 Å². The number of piperidine rings is 2. The summed E-state index contributed by atoms with van der Waals surface area (Å²) >= 11 is 0. The lowest BCUT2D eigenvalue weighted by Gasteiger charge is -2.36. The molecule has 14 nitrogen and oxygen atoms in total. The van der Waals surface area contributed by atoms with Gasteiger partial charge in [-0.1, -0.05) is 10.3 Å². The summed E-state index contributed by atoms with van der Waals surface area (Å²) in [7, 11) is -4.79. The zero-order valence-electron chi connectivity index (χ0n) is 19.6. The van der Waals surface area contributed by atoms with E-state index in [-0.39, 0.29) is 22.9 Å². The zero-order valence-corrected chi connectivity index (χ0v) is 20.4. The molecule has 6 aliphatic rings. The van der Waals surface area contributed by atoms with E-state index in [1.807, 2.05) is 0 Å². The molecule has 0 N–H and O–H groups in total. The third-order valence-corrected chi connectivity index (χ3v) is 9.95. The molecule has 2 saturated carbocycles. The predicted octanol–water partition coefficient (Wildman–Crippen LogP) is 2.13. The number of urea groups is 2. The number of fused-ring (bicyclic) bond motifs is 6. The van der Waals surface area contributed by atoms with Gasteiger partial charge < -0.3 is 18.8 Å². The molecule has 0 aromatic carbocycles. The van der Waals surface area contributed by atoms with Gasteiger partial charge in [0.15, 0.2) is 0 Å². The van der Waals surface area contributed by atoms with E-state index >= 15 is 0 Å². The smallest absolute Gasteiger partial charge is 0.364 e. The van der Waals surface area contributed by atoms with Crippen molar-refractivity contribution in [3.05, 3.63) is 36.0 Å². The highest BCUT2D eigenvalue weighted by molar-refractivity contribution is 7.81. The van der Waals surface area contributed by atoms with E-state index < -0.39 is 34.5 Å². The summed E-state index contributed by atoms with van der Waals surface area (Å²) in [6, 6.07) is 0.752. The number of hydroxylamine groups is 4. The number of rotatable bonds is 6. The second-order valence-corrected chi connectivity index (χ2v) is 12.2. The lowest BCUT2D eigenvalue weighted by Crippen LogP contribution is -2.45. The lowest BCUT2D eigenvalue weighted by molar-refractivity contribution is -0.101. The average Bonchev–Trinajstić information content (AvgIpc) is 3.51. The van der Waals surface area contributed by atoms with Crippen LogP contribution < -0.4 is 0 Å². The van der Waals surface area contributed by atoms with Crippen molar-refractivity contribution in [3.63, 3.8) is 0 Å². The highest BCUT2D eigenvalue weighted by Crippen LogP contribution is 2.63. The van der Waals surface area contributed by atoms with Crippen LogP contribution in [0.1, 0.15) is 62.0 Å². The van der Waals surface area contributed by atoms with Gasteiger partial charge in [0, 0.05) is 25.2 Å². The maximum absolute atomic E-state index is 13.3. The number of amides is 4. The second kappa shape index (κ2) is 7.02. The first-order chi connectivity index (χ1) is 17.8. The molecule has 6 heterocycles. The molecule has 4 saturated heterocycles. The summed E-state index contributed by atoms with van der Waals surface area (Å²) in [5, 5.41) is 9.84. The first-order valence-corrected chi connectivity index (χ1v) is 13.8. The van der Waals surface area contributed by atoms with Crippen molar-refractivity contribution in [1.82, 2.24) is 30.2 Å². The Morgan fingerprint density at radius 3 is 1.57 bits per heavy atom. The second-order valence-electron chi connectivity index (χ2n) is 11.1. The first-order valence-electron chi connectivity index (χ1n) is 12.4. The van der Waals surface area contributed by atoms with E-state index in [9.17, 15) is 18.0 Å². The van der Waals surface area contributed by atoms with Gasteiger partial charge in [0.25, 0.3) is 0 Å². The molecule has 6 fully saturated rings. The fourth-order valence-electron chi connectivity index (χ4n) is 6.96. The molecule has 8 rings (SSSR count). The Morgan fingerprint density at radius 2 is 1.22 bits per heavy atom. The molecule has 2 aromatic rings. The highest BCUT2D eigenvalue weighted by atomic mass is 32.3. The predicted molar refractivity (Wildman–Crippen MR) is 118 cm³/mol. The molecule has 0 unspecified atom stereocenters. The molecule has 4 bridgehead atoms. The van der Waals surface area contributed by atoms with Gasteiger partial charge in [0.05, 0.1) is 24.2 Å². The van der Waals surface area contributed by atoms with Crippen molar-refractivity contribution in [3.8, 4) is 0 Å². The largest absolute Gasteiger partial charge is 0.442 e. The summed E-state index contributed by atoms with van der Waals surface area (Å²) < 4.78 is 46.9. The van der Waals surface area contributed by atoms with E-state index in [1.54, 1.807) is 21.9 Å². The van der Waals surface area contributed by atoms with Gasteiger partial charge in [-0.05, 0) is 49.4 Å². The molecule has 15 heteroatoms. The fraction of sp³-hybridized carbons (Fsp3) is 0.636. The lowest BCUT2D eigenvalue weighted by atomic mass is 9.84. The van der Waals surface area contributed by atoms with Crippen LogP contribution in [0.5, 0.6) is 0 Å². The van der Waals surface area contributed by atoms with E-state index in [4.69, 9.17) is 17.6 Å². The highest BCUT2D eigenvalue weighted by Gasteiger charge is 2.66. The Kier molecular flexibility index (Phi) is 4.15. The quantitative estimate of drug-likeness (QED) is 0.541. The number of nitrogens with zero attached hydrogens (tertiary/aromatic N) is 6. The average molecular weight is 533 g/mol. The molecule has 2 aliphatic carbocycles. The fourth-order valence-corrected chi connectivity index (χ4v) is 7.71. The summed E-state index contributed by atoms with van der Waals surface area (Å²) in [5.74, 6) is 0. The van der Waals surface area contributed by atoms with E-state index in [2.05, 4.69) is 10.3 Å². The number of carbonyl (C=O) groups is 2. The molecule has 0 radical (unpaired) electrons. The maximum Gasteiger partial charge on any atom is 0.442 e. The molecule has 2 spiro atoms. The topological polar surface area (TPSA) is 152 Å². The van der Waals surface area contributed by atoms with Crippen molar-refractivity contribution in [1.29, 1.82) is 0 Å². The van der Waals surface area contributed by atoms with E-state index in [1.165, 1.54) is 12.5 Å². The van der Waals surface area contributed by atoms with Crippen molar-refractivity contribution < 1.29 is 35.6 Å². The number of hydrogen-bond donors (Lipinski definition) is 0. The van der Waals surface area contributed by atoms with Crippen LogP contribution in [-0.4, -0.2) is 75.9 Å². The van der Waals surface area contributed by atoms with Crippen LogP contribution in [0.4, 0.5) is 9.59 Å². The number of hydrogen-bond acceptors (Lipinski definition) is 10. The van der Waals surface area contributed by atoms with Gasteiger partial charge in [-0.3, -0.25) is 0 Å². The normalized spacial score (nSPS) is 32.8. The molecule has 37 heavy (non-hydrogen) atoms. The summed E-state index contributed by atoms with van der Waals surface area (Å²) in [4.78, 5) is 29.7. The van der Waals surface area contributed by atoms with Gasteiger partial charge in [0.2, 0.25) is 0 Å². The van der Waals surface area contributed by atoms with Gasteiger partial charge in [-0.2, -0.15) is 18.5 Å². The molecule has 4 amide bonds. The summed E-state index contributed by atoms with van der Waals surface area (Å²) in [6.45, 7) is 0.626. The van der Waals surface area contributed by atoms with Crippen LogP contribution in [0.25, 0.3) is 0 Å². The van der Waals surface area contributed by atoms with Gasteiger partial charge in [-0.25, -0.2) is 9.59 Å². The SMILES string of the molecule is O=C1N2C[C@H](N1OS(=O)(=O)ON1C(=O)N3C[C@H]1C1(CC1)C[C@H]3c1ccon1)C1(CC1)C[C@H]2c1ccon1. The first kappa shape index (κ1) is 21.9. The zero-order chi connectivity index (χ0) is 25.2. The molecular formula is C22H24N6O8S. The maximum atomic E-state index is 13.3. The monoisotopic (exact) mass is 532 g/mol.